The SMILES string of the molecule is CCc1cc(C)cc(CC)c1NC(=O)CN1C[C@H](c2ccc3c(c2)OCCO3)C(C(=O)O)[C@@H]1c1ccc(OCCOC(C)C)cc1. The first kappa shape index (κ1) is 33.3. The zero-order valence-corrected chi connectivity index (χ0v) is 27.5. The Kier molecular flexibility index (Phi) is 10.9. The van der Waals surface area contributed by atoms with Crippen molar-refractivity contribution in [1.29, 1.82) is 0 Å². The summed E-state index contributed by atoms with van der Waals surface area (Å²) in [7, 11) is 0. The van der Waals surface area contributed by atoms with Gasteiger partial charge in [0.25, 0.3) is 0 Å². The van der Waals surface area contributed by atoms with E-state index in [1.807, 2.05) is 61.2 Å². The average molecular weight is 631 g/mol. The van der Waals surface area contributed by atoms with E-state index in [0.29, 0.717) is 50.2 Å². The van der Waals surface area contributed by atoms with Gasteiger partial charge in [-0.25, -0.2) is 0 Å². The van der Waals surface area contributed by atoms with Gasteiger partial charge in [-0.05, 0) is 80.1 Å². The minimum absolute atomic E-state index is 0.0421. The highest BCUT2D eigenvalue weighted by Crippen LogP contribution is 2.47. The number of hydrogen-bond donors (Lipinski definition) is 2. The summed E-state index contributed by atoms with van der Waals surface area (Å²) >= 11 is 0. The number of carboxylic acids is 1. The molecule has 2 heterocycles. The van der Waals surface area contributed by atoms with Crippen molar-refractivity contribution >= 4 is 17.6 Å². The number of aryl methyl sites for hydroxylation is 3. The summed E-state index contributed by atoms with van der Waals surface area (Å²) < 4.78 is 23.0. The Labute approximate surface area is 271 Å². The fraction of sp³-hybridized carbons (Fsp3) is 0.459. The Morgan fingerprint density at radius 2 is 1.59 bits per heavy atom. The van der Waals surface area contributed by atoms with Crippen LogP contribution in [0.1, 0.15) is 67.5 Å². The Balaban J connectivity index is 1.44. The van der Waals surface area contributed by atoms with Crippen molar-refractivity contribution in [3.63, 3.8) is 0 Å². The van der Waals surface area contributed by atoms with E-state index in [0.717, 1.165) is 46.3 Å². The summed E-state index contributed by atoms with van der Waals surface area (Å²) in [5, 5.41) is 13.9. The standard InChI is InChI=1S/C37H46N2O7/c1-6-25-18-24(5)19-26(7-2)35(25)38-33(40)22-39-21-30(28-10-13-31-32(20-28)46-17-16-45-31)34(37(41)42)36(39)27-8-11-29(12-9-27)44-15-14-43-23(3)4/h8-13,18-20,23,30,34,36H,6-7,14-17,21-22H2,1-5H3,(H,38,40)(H,41,42)/t30-,34?,36+/m1/s1. The number of nitrogens with zero attached hydrogens (tertiary/aromatic N) is 1. The molecular weight excluding hydrogens is 584 g/mol. The predicted molar refractivity (Wildman–Crippen MR) is 177 cm³/mol. The molecule has 2 aliphatic heterocycles. The fourth-order valence-corrected chi connectivity index (χ4v) is 6.65. The number of carbonyl (C=O) groups is 2. The summed E-state index contributed by atoms with van der Waals surface area (Å²) in [5.74, 6) is -0.340. The van der Waals surface area contributed by atoms with Crippen LogP contribution in [0, 0.1) is 12.8 Å². The van der Waals surface area contributed by atoms with E-state index in [1.165, 1.54) is 0 Å². The monoisotopic (exact) mass is 630 g/mol. The van der Waals surface area contributed by atoms with Gasteiger partial charge < -0.3 is 29.4 Å². The van der Waals surface area contributed by atoms with Gasteiger partial charge in [0.15, 0.2) is 11.5 Å². The molecule has 0 aromatic heterocycles. The highest BCUT2D eigenvalue weighted by molar-refractivity contribution is 5.94. The van der Waals surface area contributed by atoms with Gasteiger partial charge >= 0.3 is 5.97 Å². The minimum atomic E-state index is -0.918. The third-order valence-corrected chi connectivity index (χ3v) is 8.72. The van der Waals surface area contributed by atoms with Crippen LogP contribution in [0.15, 0.2) is 54.6 Å². The van der Waals surface area contributed by atoms with Crippen LogP contribution in [-0.4, -0.2) is 67.5 Å². The molecule has 3 atom stereocenters. The molecule has 2 N–H and O–H groups in total. The summed E-state index contributed by atoms with van der Waals surface area (Å²) in [5.41, 5.74) is 5.86. The van der Waals surface area contributed by atoms with Gasteiger partial charge in [-0.2, -0.15) is 0 Å². The number of hydrogen-bond acceptors (Lipinski definition) is 7. The quantitative estimate of drug-likeness (QED) is 0.216. The number of fused-ring (bicyclic) bond motifs is 1. The largest absolute Gasteiger partial charge is 0.491 e. The van der Waals surface area contributed by atoms with Crippen molar-refractivity contribution in [2.75, 3.05) is 44.8 Å². The fourth-order valence-electron chi connectivity index (χ4n) is 6.65. The van der Waals surface area contributed by atoms with Crippen molar-refractivity contribution in [2.24, 2.45) is 5.92 Å². The molecule has 1 amide bonds. The van der Waals surface area contributed by atoms with E-state index in [2.05, 4.69) is 38.2 Å². The lowest BCUT2D eigenvalue weighted by molar-refractivity contribution is -0.143. The first-order chi connectivity index (χ1) is 22.2. The Hall–Kier alpha value is -4.08. The third-order valence-electron chi connectivity index (χ3n) is 8.72. The van der Waals surface area contributed by atoms with Gasteiger partial charge in [0.05, 0.1) is 25.2 Å². The minimum Gasteiger partial charge on any atom is -0.491 e. The number of likely N-dealkylation sites (tertiary alicyclic amines) is 1. The molecule has 2 aliphatic rings. The van der Waals surface area contributed by atoms with Crippen molar-refractivity contribution in [1.82, 2.24) is 4.90 Å². The van der Waals surface area contributed by atoms with E-state index in [4.69, 9.17) is 18.9 Å². The summed E-state index contributed by atoms with van der Waals surface area (Å²) in [6, 6.07) is 16.8. The number of rotatable bonds is 13. The second-order valence-corrected chi connectivity index (χ2v) is 12.3. The third kappa shape index (κ3) is 7.65. The van der Waals surface area contributed by atoms with Gasteiger partial charge in [-0.1, -0.05) is 49.7 Å². The first-order valence-corrected chi connectivity index (χ1v) is 16.3. The molecule has 0 saturated carbocycles. The molecule has 1 unspecified atom stereocenters. The molecule has 3 aromatic carbocycles. The highest BCUT2D eigenvalue weighted by atomic mass is 16.6. The van der Waals surface area contributed by atoms with Crippen LogP contribution in [0.3, 0.4) is 0 Å². The summed E-state index contributed by atoms with van der Waals surface area (Å²) in [6.07, 6.45) is 1.71. The second-order valence-electron chi connectivity index (χ2n) is 12.3. The topological polar surface area (TPSA) is 107 Å². The number of ether oxygens (including phenoxy) is 4. The molecule has 0 aliphatic carbocycles. The molecule has 0 bridgehead atoms. The lowest BCUT2D eigenvalue weighted by Crippen LogP contribution is -2.35. The second kappa shape index (κ2) is 15.0. The van der Waals surface area contributed by atoms with Crippen LogP contribution in [0.2, 0.25) is 0 Å². The van der Waals surface area contributed by atoms with Crippen LogP contribution in [0.4, 0.5) is 5.69 Å². The van der Waals surface area contributed by atoms with Gasteiger partial charge in [0.1, 0.15) is 25.6 Å². The van der Waals surface area contributed by atoms with E-state index >= 15 is 0 Å². The molecule has 46 heavy (non-hydrogen) atoms. The highest BCUT2D eigenvalue weighted by Gasteiger charge is 2.48. The Morgan fingerprint density at radius 1 is 0.935 bits per heavy atom. The first-order valence-electron chi connectivity index (χ1n) is 16.3. The molecule has 1 fully saturated rings. The van der Waals surface area contributed by atoms with Crippen molar-refractivity contribution in [3.05, 3.63) is 82.4 Å². The molecular formula is C37H46N2O7. The van der Waals surface area contributed by atoms with Crippen molar-refractivity contribution in [3.8, 4) is 17.2 Å². The van der Waals surface area contributed by atoms with Gasteiger partial charge in [0.2, 0.25) is 5.91 Å². The van der Waals surface area contributed by atoms with Crippen LogP contribution < -0.4 is 19.5 Å². The lowest BCUT2D eigenvalue weighted by Gasteiger charge is -2.27. The lowest BCUT2D eigenvalue weighted by atomic mass is 9.82. The van der Waals surface area contributed by atoms with E-state index in [9.17, 15) is 14.7 Å². The van der Waals surface area contributed by atoms with Crippen LogP contribution in [0.5, 0.6) is 17.2 Å². The number of aliphatic carboxylic acids is 1. The number of nitrogens with one attached hydrogen (secondary N) is 1. The molecule has 9 nitrogen and oxygen atoms in total. The zero-order chi connectivity index (χ0) is 32.8. The maximum absolute atomic E-state index is 13.8. The summed E-state index contributed by atoms with van der Waals surface area (Å²) in [4.78, 5) is 28.8. The molecule has 0 radical (unpaired) electrons. The molecule has 1 saturated heterocycles. The van der Waals surface area contributed by atoms with Gasteiger partial charge in [-0.3, -0.25) is 14.5 Å². The molecule has 246 valence electrons. The number of carboxylic acid groups (broad SMARTS) is 1. The average Bonchev–Trinajstić information content (AvgIpc) is 3.42. The number of anilines is 1. The zero-order valence-electron chi connectivity index (χ0n) is 27.5. The normalized spacial score (nSPS) is 19.3. The number of carbonyl (C=O) groups excluding carboxylic acids is 1. The maximum atomic E-state index is 13.8. The van der Waals surface area contributed by atoms with E-state index in [-0.39, 0.29) is 24.5 Å². The van der Waals surface area contributed by atoms with Crippen LogP contribution in [0.25, 0.3) is 0 Å². The Morgan fingerprint density at radius 3 is 2.22 bits per heavy atom. The number of benzene rings is 3. The van der Waals surface area contributed by atoms with E-state index in [1.54, 1.807) is 0 Å². The molecule has 5 rings (SSSR count). The molecule has 3 aromatic rings. The van der Waals surface area contributed by atoms with Gasteiger partial charge in [-0.15, -0.1) is 0 Å². The van der Waals surface area contributed by atoms with Gasteiger partial charge in [0, 0.05) is 24.2 Å². The molecule has 9 heteroatoms. The van der Waals surface area contributed by atoms with E-state index < -0.39 is 17.9 Å². The van der Waals surface area contributed by atoms with Crippen LogP contribution >= 0.6 is 0 Å². The van der Waals surface area contributed by atoms with Crippen LogP contribution in [-0.2, 0) is 27.2 Å². The number of amides is 1. The van der Waals surface area contributed by atoms with Crippen molar-refractivity contribution in [2.45, 2.75) is 65.5 Å². The smallest absolute Gasteiger partial charge is 0.309 e. The summed E-state index contributed by atoms with van der Waals surface area (Å²) in [6.45, 7) is 12.4. The molecule has 0 spiro atoms. The predicted octanol–water partition coefficient (Wildman–Crippen LogP) is 6.17. The maximum Gasteiger partial charge on any atom is 0.309 e. The van der Waals surface area contributed by atoms with Crippen molar-refractivity contribution < 1.29 is 33.6 Å². The Bertz CT molecular complexity index is 1500.